The molecule has 0 aromatic carbocycles. The van der Waals surface area contributed by atoms with Gasteiger partial charge < -0.3 is 0 Å². The van der Waals surface area contributed by atoms with E-state index in [1.165, 1.54) is 0 Å². The van der Waals surface area contributed by atoms with Gasteiger partial charge in [0.15, 0.2) is 0 Å². The van der Waals surface area contributed by atoms with Crippen molar-refractivity contribution in [3.63, 3.8) is 0 Å². The van der Waals surface area contributed by atoms with Crippen molar-refractivity contribution in [2.24, 2.45) is 0 Å². The molecule has 0 N–H and O–H groups in total. The zero-order chi connectivity index (χ0) is 4.71. The van der Waals surface area contributed by atoms with Crippen LogP contribution in [-0.4, -0.2) is 16.2 Å². The predicted molar refractivity (Wildman–Crippen MR) is 9.21 cm³/mol. The molecule has 6 heteroatoms. The number of hydrogen-bond acceptors (Lipinski definition) is 3. The first-order valence-electron chi connectivity index (χ1n) is 0.697. The Balaban J connectivity index is -0.0000000275. The third-order valence-electron chi connectivity index (χ3n) is 0. The van der Waals surface area contributed by atoms with Gasteiger partial charge in [-0.3, -0.25) is 0 Å². The average molecular weight is 179 g/mol. The van der Waals surface area contributed by atoms with Crippen LogP contribution in [0.4, 0.5) is 0 Å². The second kappa shape index (κ2) is 35.1. The minimum absolute atomic E-state index is 0. The van der Waals surface area contributed by atoms with Crippen LogP contribution in [0.25, 0.3) is 0 Å². The molecular formula is HAlMnO3Ti. The second-order valence-electron chi connectivity index (χ2n) is 0.0833. The van der Waals surface area contributed by atoms with Gasteiger partial charge in [-0.05, 0) is 0 Å². The van der Waals surface area contributed by atoms with E-state index in [0.717, 1.165) is 0 Å². The number of hydrogen-bond donors (Lipinski definition) is 0. The van der Waals surface area contributed by atoms with E-state index in [1.807, 2.05) is 0 Å². The van der Waals surface area contributed by atoms with Crippen molar-refractivity contribution in [2.75, 3.05) is 0 Å². The van der Waals surface area contributed by atoms with Gasteiger partial charge in [0.05, 0.1) is 0 Å². The summed E-state index contributed by atoms with van der Waals surface area (Å²) >= 11 is -1.39. The summed E-state index contributed by atoms with van der Waals surface area (Å²) in [4.78, 5) is 0. The van der Waals surface area contributed by atoms with Crippen LogP contribution in [0.15, 0.2) is 0 Å². The van der Waals surface area contributed by atoms with E-state index < -0.39 is 19.1 Å². The van der Waals surface area contributed by atoms with Crippen molar-refractivity contribution in [2.45, 2.75) is 0 Å². The summed E-state index contributed by atoms with van der Waals surface area (Å²) in [5.74, 6) is 0. The maximum absolute atomic E-state index is 8.50. The molecule has 0 spiro atoms. The van der Waals surface area contributed by atoms with Gasteiger partial charge in [0.2, 0.25) is 0 Å². The molecule has 0 saturated heterocycles. The molecule has 0 rings (SSSR count). The Morgan fingerprint density at radius 3 is 1.17 bits per heavy atom. The molecule has 0 aliphatic carbocycles. The van der Waals surface area contributed by atoms with Crippen LogP contribution >= 0.6 is 0 Å². The van der Waals surface area contributed by atoms with Crippen molar-refractivity contribution in [1.29, 1.82) is 0 Å². The summed E-state index contributed by atoms with van der Waals surface area (Å²) in [6, 6.07) is 0. The molecule has 6 heavy (non-hydrogen) atoms. The van der Waals surface area contributed by atoms with Crippen LogP contribution in [0.5, 0.6) is 0 Å². The average Bonchev–Trinajstić information content (AvgIpc) is 1.46. The standard InChI is InChI=1S/Al.Mn.3O.Ti.H. The normalized spacial score (nSPS) is 1.83. The quantitative estimate of drug-likeness (QED) is 0.447. The van der Waals surface area contributed by atoms with Crippen molar-refractivity contribution in [3.05, 3.63) is 0 Å². The fourth-order valence-corrected chi connectivity index (χ4v) is 0. The first-order valence-corrected chi connectivity index (χ1v) is 2.55. The van der Waals surface area contributed by atoms with Crippen molar-refractivity contribution in [3.8, 4) is 0 Å². The summed E-state index contributed by atoms with van der Waals surface area (Å²) in [5.41, 5.74) is 0. The Bertz CT molecular complexity index is 40.1. The van der Waals surface area contributed by atoms with Gasteiger partial charge in [0.25, 0.3) is 0 Å². The SMILES string of the molecule is [Mn].[O]=[AlH].[O]=[Ti]=[O]. The topological polar surface area (TPSA) is 51.2 Å². The maximum atomic E-state index is 8.50. The Kier molecular flexibility index (Phi) is 91.8. The van der Waals surface area contributed by atoms with E-state index in [0.29, 0.717) is 16.2 Å². The molecule has 0 aliphatic rings. The third-order valence-corrected chi connectivity index (χ3v) is 0. The second-order valence-corrected chi connectivity index (χ2v) is 0.344. The van der Waals surface area contributed by atoms with Crippen LogP contribution in [-0.2, 0) is 46.6 Å². The molecule has 0 aliphatic heterocycles. The Labute approximate surface area is 62.5 Å². The van der Waals surface area contributed by atoms with Crippen molar-refractivity contribution < 1.29 is 46.6 Å². The van der Waals surface area contributed by atoms with E-state index in [2.05, 4.69) is 0 Å². The van der Waals surface area contributed by atoms with Gasteiger partial charge in [0.1, 0.15) is 0 Å². The molecule has 0 saturated carbocycles. The van der Waals surface area contributed by atoms with Gasteiger partial charge >= 0.3 is 45.8 Å². The van der Waals surface area contributed by atoms with E-state index in [1.54, 1.807) is 0 Å². The first-order chi connectivity index (χ1) is 2.41. The third kappa shape index (κ3) is 65.9. The molecule has 1 radical (unpaired) electrons. The monoisotopic (exact) mass is 179 g/mol. The fourth-order valence-electron chi connectivity index (χ4n) is 0. The minimum atomic E-state index is -2.00. The van der Waals surface area contributed by atoms with Gasteiger partial charge in [-0.2, -0.15) is 0 Å². The van der Waals surface area contributed by atoms with E-state index in [-0.39, 0.29) is 17.1 Å². The molecule has 0 bridgehead atoms. The zero-order valence-corrected chi connectivity index (χ0v) is 6.97. The molecule has 33 valence electrons. The molecule has 0 aromatic rings. The fraction of sp³-hybridized carbons (Fsp3) is 0. The van der Waals surface area contributed by atoms with Crippen LogP contribution in [0.1, 0.15) is 0 Å². The van der Waals surface area contributed by atoms with Crippen molar-refractivity contribution >= 4 is 16.2 Å². The van der Waals surface area contributed by atoms with Gasteiger partial charge in [0, 0.05) is 17.1 Å². The van der Waals surface area contributed by atoms with Gasteiger partial charge in [-0.1, -0.05) is 0 Å². The van der Waals surface area contributed by atoms with Crippen LogP contribution in [0.3, 0.4) is 0 Å². The first kappa shape index (κ1) is 15.7. The van der Waals surface area contributed by atoms with Crippen LogP contribution in [0, 0.1) is 0 Å². The summed E-state index contributed by atoms with van der Waals surface area (Å²) in [6.45, 7) is 0. The summed E-state index contributed by atoms with van der Waals surface area (Å²) < 4.78 is 25.3. The Morgan fingerprint density at radius 2 is 1.17 bits per heavy atom. The number of rotatable bonds is 0. The summed E-state index contributed by atoms with van der Waals surface area (Å²) in [6.07, 6.45) is 0. The van der Waals surface area contributed by atoms with Crippen LogP contribution < -0.4 is 0 Å². The summed E-state index contributed by atoms with van der Waals surface area (Å²) in [7, 11) is 0. The van der Waals surface area contributed by atoms with Gasteiger partial charge in [-0.25, -0.2) is 0 Å². The molecule has 3 nitrogen and oxygen atoms in total. The molecule has 0 fully saturated rings. The summed E-state index contributed by atoms with van der Waals surface area (Å²) in [5, 5.41) is 0. The van der Waals surface area contributed by atoms with Crippen molar-refractivity contribution in [1.82, 2.24) is 0 Å². The van der Waals surface area contributed by atoms with Crippen LogP contribution in [0.2, 0.25) is 0 Å². The molecule has 0 amide bonds. The van der Waals surface area contributed by atoms with E-state index in [9.17, 15) is 0 Å². The van der Waals surface area contributed by atoms with E-state index >= 15 is 0 Å². The predicted octanol–water partition coefficient (Wildman–Crippen LogP) is -1.01. The van der Waals surface area contributed by atoms with E-state index in [4.69, 9.17) is 10.5 Å². The molecule has 0 atom stereocenters. The molecule has 0 unspecified atom stereocenters. The molecule has 0 aromatic heterocycles. The zero-order valence-electron chi connectivity index (χ0n) is 2.81. The Morgan fingerprint density at radius 1 is 1.17 bits per heavy atom. The molecule has 0 heterocycles. The Hall–Kier alpha value is 1.17. The van der Waals surface area contributed by atoms with Gasteiger partial charge in [-0.15, -0.1) is 0 Å². The molecular weight excluding hydrogens is 178 g/mol.